The van der Waals surface area contributed by atoms with Crippen molar-refractivity contribution in [2.45, 2.75) is 25.7 Å². The second kappa shape index (κ2) is 10.7. The van der Waals surface area contributed by atoms with Gasteiger partial charge in [0.05, 0.1) is 0 Å². The van der Waals surface area contributed by atoms with Gasteiger partial charge in [-0.05, 0) is 12.8 Å². The molecule has 0 bridgehead atoms. The molecule has 0 saturated heterocycles. The first-order chi connectivity index (χ1) is 5.41. The summed E-state index contributed by atoms with van der Waals surface area (Å²) in [6.07, 6.45) is 14.5. The molecular weight excluding hydrogens is 362 g/mol. The van der Waals surface area contributed by atoms with Crippen molar-refractivity contribution >= 4 is 18.8 Å². The normalized spacial score (nSPS) is 16.5. The van der Waals surface area contributed by atoms with Crippen molar-refractivity contribution in [2.24, 2.45) is 0 Å². The van der Waals surface area contributed by atoms with Gasteiger partial charge in [0.1, 0.15) is 0 Å². The molecule has 0 atom stereocenters. The van der Waals surface area contributed by atoms with Crippen LogP contribution in [0.5, 0.6) is 0 Å². The van der Waals surface area contributed by atoms with E-state index in [1.165, 1.54) is 12.8 Å². The molecule has 0 nitrogen and oxygen atoms in total. The van der Waals surface area contributed by atoms with Gasteiger partial charge < -0.3 is 6.08 Å². The van der Waals surface area contributed by atoms with Crippen LogP contribution in [-0.4, -0.2) is 0 Å². The molecule has 3 heteroatoms. The monoisotopic (exact) mass is 372 g/mol. The summed E-state index contributed by atoms with van der Waals surface area (Å²) in [6.45, 7) is 0. The van der Waals surface area contributed by atoms with Crippen LogP contribution >= 0.6 is 18.8 Å². The fourth-order valence-corrected chi connectivity index (χ4v) is 0.789. The molecule has 0 aromatic carbocycles. The van der Waals surface area contributed by atoms with Gasteiger partial charge in [0, 0.05) is 0 Å². The third-order valence-electron chi connectivity index (χ3n) is 1.26. The van der Waals surface area contributed by atoms with Crippen LogP contribution in [0.25, 0.3) is 0 Å². The van der Waals surface area contributed by atoms with Crippen LogP contribution in [0.3, 0.4) is 0 Å². The van der Waals surface area contributed by atoms with Gasteiger partial charge >= 0.3 is 35.3 Å². The fraction of sp³-hybridized carbons (Fsp3) is 0.500. The maximum atomic E-state index is 4.88. The number of allylic oxidation sites excluding steroid dienone is 4. The van der Waals surface area contributed by atoms with E-state index in [1.807, 2.05) is 0 Å². The van der Waals surface area contributed by atoms with Gasteiger partial charge in [0.25, 0.3) is 0 Å². The van der Waals surface area contributed by atoms with Crippen LogP contribution in [-0.2, 0) is 16.5 Å². The topological polar surface area (TPSA) is 0 Å². The molecular formula is C8H11Cl2Pt-. The predicted octanol–water partition coefficient (Wildman–Crippen LogP) is 3.85. The first kappa shape index (κ1) is 11.7. The average molecular weight is 373 g/mol. The Labute approximate surface area is 85.0 Å². The van der Waals surface area contributed by atoms with Gasteiger partial charge in [-0.15, -0.1) is 0 Å². The van der Waals surface area contributed by atoms with Crippen LogP contribution in [0.15, 0.2) is 18.2 Å². The van der Waals surface area contributed by atoms with E-state index in [0.717, 1.165) is 12.8 Å². The molecule has 0 heterocycles. The Morgan fingerprint density at radius 3 is 2.73 bits per heavy atom. The van der Waals surface area contributed by atoms with Crippen LogP contribution in [0, 0.1) is 6.08 Å². The van der Waals surface area contributed by atoms with Gasteiger partial charge in [-0.2, -0.15) is 6.42 Å². The number of hydrogen-bond acceptors (Lipinski definition) is 0. The van der Waals surface area contributed by atoms with E-state index < -0.39 is 16.5 Å². The summed E-state index contributed by atoms with van der Waals surface area (Å²) in [4.78, 5) is 0. The minimum atomic E-state index is -0.472. The van der Waals surface area contributed by atoms with E-state index in [2.05, 4.69) is 24.3 Å². The van der Waals surface area contributed by atoms with Gasteiger partial charge in [0.15, 0.2) is 0 Å². The van der Waals surface area contributed by atoms with E-state index in [4.69, 9.17) is 18.8 Å². The van der Waals surface area contributed by atoms with Crippen LogP contribution < -0.4 is 0 Å². The third-order valence-corrected chi connectivity index (χ3v) is 1.26. The second-order valence-electron chi connectivity index (χ2n) is 2.05. The van der Waals surface area contributed by atoms with E-state index >= 15 is 0 Å². The maximum absolute atomic E-state index is 4.88. The Hall–Kier alpha value is 0.748. The summed E-state index contributed by atoms with van der Waals surface area (Å²) in [6, 6.07) is 0. The van der Waals surface area contributed by atoms with Crippen molar-refractivity contribution < 1.29 is 16.5 Å². The molecule has 0 unspecified atom stereocenters. The molecule has 0 radical (unpaired) electrons. The van der Waals surface area contributed by atoms with Gasteiger partial charge in [0.2, 0.25) is 0 Å². The third kappa shape index (κ3) is 10.7. The van der Waals surface area contributed by atoms with E-state index in [9.17, 15) is 0 Å². The molecule has 1 aliphatic carbocycles. The molecule has 0 fully saturated rings. The Bertz CT molecular complexity index is 109. The second-order valence-corrected chi connectivity index (χ2v) is 5.34. The summed E-state index contributed by atoms with van der Waals surface area (Å²) >= 11 is -0.472. The number of rotatable bonds is 0. The average Bonchev–Trinajstić information content (AvgIpc) is 1.86. The Morgan fingerprint density at radius 1 is 1.27 bits per heavy atom. The zero-order valence-electron chi connectivity index (χ0n) is 6.13. The van der Waals surface area contributed by atoms with Gasteiger partial charge in [-0.25, -0.2) is 0 Å². The summed E-state index contributed by atoms with van der Waals surface area (Å²) in [5.74, 6) is 0. The molecule has 0 aromatic heterocycles. The van der Waals surface area contributed by atoms with Crippen molar-refractivity contribution in [3.8, 4) is 0 Å². The van der Waals surface area contributed by atoms with Crippen LogP contribution in [0.4, 0.5) is 0 Å². The predicted molar refractivity (Wildman–Crippen MR) is 47.1 cm³/mol. The first-order valence-electron chi connectivity index (χ1n) is 3.44. The van der Waals surface area contributed by atoms with Crippen LogP contribution in [0.1, 0.15) is 25.7 Å². The zero-order valence-corrected chi connectivity index (χ0v) is 9.92. The molecule has 0 N–H and O–H groups in total. The van der Waals surface area contributed by atoms with Gasteiger partial charge in [-0.1, -0.05) is 18.6 Å². The summed E-state index contributed by atoms with van der Waals surface area (Å²) < 4.78 is 0. The molecule has 68 valence electrons. The van der Waals surface area contributed by atoms with Crippen molar-refractivity contribution in [1.82, 2.24) is 0 Å². The summed E-state index contributed by atoms with van der Waals surface area (Å²) in [7, 11) is 9.75. The van der Waals surface area contributed by atoms with E-state index in [0.29, 0.717) is 0 Å². The Kier molecular flexibility index (Phi) is 11.5. The fourth-order valence-electron chi connectivity index (χ4n) is 0.789. The molecule has 0 saturated carbocycles. The molecule has 0 aromatic rings. The van der Waals surface area contributed by atoms with Crippen molar-refractivity contribution in [3.05, 3.63) is 24.3 Å². The molecule has 0 spiro atoms. The Morgan fingerprint density at radius 2 is 2.00 bits per heavy atom. The summed E-state index contributed by atoms with van der Waals surface area (Å²) in [5, 5.41) is 0. The van der Waals surface area contributed by atoms with Crippen molar-refractivity contribution in [1.29, 1.82) is 0 Å². The first-order valence-corrected chi connectivity index (χ1v) is 9.07. The molecule has 0 amide bonds. The van der Waals surface area contributed by atoms with E-state index in [1.54, 1.807) is 0 Å². The Balaban J connectivity index is 0.000000292. The SMILES string of the molecule is [C-]1=CCC=CCCC1.[Cl][Pt][Cl]. The van der Waals surface area contributed by atoms with Crippen LogP contribution in [0.2, 0.25) is 0 Å². The summed E-state index contributed by atoms with van der Waals surface area (Å²) in [5.41, 5.74) is 0. The number of hydrogen-bond donors (Lipinski definition) is 0. The minimum absolute atomic E-state index is 0.472. The van der Waals surface area contributed by atoms with Crippen molar-refractivity contribution in [3.63, 3.8) is 0 Å². The zero-order chi connectivity index (χ0) is 8.36. The standard InChI is InChI=1S/C8H11.2ClH.Pt/c1-2-4-6-8-7-5-3-1;;;/h1-2,5H,3-4,6,8H2;2*1H;/q-1;;;+2/p-2. The molecule has 1 rings (SSSR count). The molecule has 11 heavy (non-hydrogen) atoms. The molecule has 1 aliphatic rings. The van der Waals surface area contributed by atoms with Gasteiger partial charge in [-0.3, -0.25) is 6.08 Å². The molecule has 0 aliphatic heterocycles. The van der Waals surface area contributed by atoms with E-state index in [-0.39, 0.29) is 0 Å². The quantitative estimate of drug-likeness (QED) is 0.447. The number of halogens is 2. The van der Waals surface area contributed by atoms with Crippen molar-refractivity contribution in [2.75, 3.05) is 0 Å².